The third kappa shape index (κ3) is 52.7. The number of hydrogen-bond acceptors (Lipinski definition) is 6. The Balaban J connectivity index is 4.27. The SMILES string of the molecule is CCCC/C=C\CCCCCCCC(=O)OCC(COC(=O)CCCCCCCCCCCCCCCCCCCCCC)OC(=O)CCCCCCC/C=C\CCCCCCCCC. The highest BCUT2D eigenvalue weighted by molar-refractivity contribution is 5.71. The van der Waals surface area contributed by atoms with Crippen molar-refractivity contribution in [1.29, 1.82) is 0 Å². The van der Waals surface area contributed by atoms with E-state index < -0.39 is 6.10 Å². The van der Waals surface area contributed by atoms with Crippen LogP contribution in [-0.2, 0) is 28.6 Å². The molecule has 0 spiro atoms. The fourth-order valence-electron chi connectivity index (χ4n) is 8.54. The van der Waals surface area contributed by atoms with Crippen molar-refractivity contribution in [1.82, 2.24) is 0 Å². The summed E-state index contributed by atoms with van der Waals surface area (Å²) in [7, 11) is 0. The molecule has 6 nitrogen and oxygen atoms in total. The summed E-state index contributed by atoms with van der Waals surface area (Å²) in [5.41, 5.74) is 0. The van der Waals surface area contributed by atoms with E-state index in [0.29, 0.717) is 19.3 Å². The average Bonchev–Trinajstić information content (AvgIpc) is 3.30. The second kappa shape index (κ2) is 54.5. The van der Waals surface area contributed by atoms with E-state index in [1.54, 1.807) is 0 Å². The smallest absolute Gasteiger partial charge is 0.306 e. The molecule has 0 rings (SSSR count). The van der Waals surface area contributed by atoms with Crippen LogP contribution in [0.2, 0.25) is 0 Å². The van der Waals surface area contributed by atoms with Crippen molar-refractivity contribution in [3.05, 3.63) is 24.3 Å². The van der Waals surface area contributed by atoms with Gasteiger partial charge in [0.2, 0.25) is 0 Å². The number of esters is 3. The normalized spacial score (nSPS) is 12.1. The molecule has 0 N–H and O–H groups in total. The van der Waals surface area contributed by atoms with Gasteiger partial charge in [-0.1, -0.05) is 257 Å². The van der Waals surface area contributed by atoms with Crippen LogP contribution in [0.5, 0.6) is 0 Å². The molecule has 382 valence electrons. The highest BCUT2D eigenvalue weighted by Crippen LogP contribution is 2.17. The molecule has 0 aliphatic heterocycles. The van der Waals surface area contributed by atoms with E-state index in [4.69, 9.17) is 14.2 Å². The van der Waals surface area contributed by atoms with Gasteiger partial charge in [-0.25, -0.2) is 0 Å². The monoisotopic (exact) mass is 915 g/mol. The van der Waals surface area contributed by atoms with Gasteiger partial charge in [0.05, 0.1) is 0 Å². The predicted octanol–water partition coefficient (Wildman–Crippen LogP) is 19.1. The van der Waals surface area contributed by atoms with Gasteiger partial charge in [0, 0.05) is 19.3 Å². The summed E-state index contributed by atoms with van der Waals surface area (Å²) in [4.78, 5) is 38.1. The first-order valence-electron chi connectivity index (χ1n) is 28.8. The second-order valence-corrected chi connectivity index (χ2v) is 19.6. The van der Waals surface area contributed by atoms with Gasteiger partial charge in [-0.15, -0.1) is 0 Å². The molecule has 6 heteroatoms. The zero-order valence-electron chi connectivity index (χ0n) is 43.8. The molecule has 0 aromatic heterocycles. The number of hydrogen-bond donors (Lipinski definition) is 0. The lowest BCUT2D eigenvalue weighted by molar-refractivity contribution is -0.167. The van der Waals surface area contributed by atoms with E-state index in [2.05, 4.69) is 45.1 Å². The largest absolute Gasteiger partial charge is 0.462 e. The number of allylic oxidation sites excluding steroid dienone is 4. The fraction of sp³-hybridized carbons (Fsp3) is 0.881. The van der Waals surface area contributed by atoms with Crippen LogP contribution in [0, 0.1) is 0 Å². The Bertz CT molecular complexity index is 1050. The Morgan fingerprint density at radius 3 is 0.815 bits per heavy atom. The van der Waals surface area contributed by atoms with E-state index in [0.717, 1.165) is 70.6 Å². The van der Waals surface area contributed by atoms with Gasteiger partial charge < -0.3 is 14.2 Å². The lowest BCUT2D eigenvalue weighted by Crippen LogP contribution is -2.30. The van der Waals surface area contributed by atoms with Gasteiger partial charge in [-0.2, -0.15) is 0 Å². The maximum Gasteiger partial charge on any atom is 0.306 e. The summed E-state index contributed by atoms with van der Waals surface area (Å²) < 4.78 is 16.8. The summed E-state index contributed by atoms with van der Waals surface area (Å²) in [6.45, 7) is 6.63. The third-order valence-corrected chi connectivity index (χ3v) is 12.9. The van der Waals surface area contributed by atoms with Crippen LogP contribution in [0.25, 0.3) is 0 Å². The molecule has 0 radical (unpaired) electrons. The molecule has 0 amide bonds. The highest BCUT2D eigenvalue weighted by atomic mass is 16.6. The topological polar surface area (TPSA) is 78.9 Å². The van der Waals surface area contributed by atoms with Gasteiger partial charge in [0.1, 0.15) is 13.2 Å². The Hall–Kier alpha value is -2.11. The van der Waals surface area contributed by atoms with E-state index in [1.807, 2.05) is 0 Å². The van der Waals surface area contributed by atoms with Crippen molar-refractivity contribution in [2.45, 2.75) is 322 Å². The van der Waals surface area contributed by atoms with E-state index in [9.17, 15) is 14.4 Å². The van der Waals surface area contributed by atoms with E-state index >= 15 is 0 Å². The van der Waals surface area contributed by atoms with Crippen molar-refractivity contribution in [3.8, 4) is 0 Å². The zero-order valence-corrected chi connectivity index (χ0v) is 43.8. The number of unbranched alkanes of at least 4 members (excludes halogenated alkanes) is 38. The van der Waals surface area contributed by atoms with E-state index in [-0.39, 0.29) is 31.1 Å². The molecule has 1 atom stereocenters. The van der Waals surface area contributed by atoms with E-state index in [1.165, 1.54) is 205 Å². The van der Waals surface area contributed by atoms with Crippen LogP contribution in [-0.4, -0.2) is 37.2 Å². The van der Waals surface area contributed by atoms with Gasteiger partial charge in [0.25, 0.3) is 0 Å². The molecule has 0 saturated carbocycles. The first-order chi connectivity index (χ1) is 32.0. The van der Waals surface area contributed by atoms with Crippen molar-refractivity contribution in [2.24, 2.45) is 0 Å². The zero-order chi connectivity index (χ0) is 47.2. The Morgan fingerprint density at radius 2 is 0.523 bits per heavy atom. The van der Waals surface area contributed by atoms with Gasteiger partial charge in [-0.05, 0) is 64.2 Å². The molecule has 0 saturated heterocycles. The molecule has 0 aliphatic rings. The minimum Gasteiger partial charge on any atom is -0.462 e. The molecular formula is C59H110O6. The van der Waals surface area contributed by atoms with Crippen LogP contribution in [0.15, 0.2) is 24.3 Å². The lowest BCUT2D eigenvalue weighted by Gasteiger charge is -2.18. The Kier molecular flexibility index (Phi) is 52.7. The fourth-order valence-corrected chi connectivity index (χ4v) is 8.54. The third-order valence-electron chi connectivity index (χ3n) is 12.9. The minimum atomic E-state index is -0.775. The summed E-state index contributed by atoms with van der Waals surface area (Å²) in [6, 6.07) is 0. The van der Waals surface area contributed by atoms with Crippen molar-refractivity contribution in [3.63, 3.8) is 0 Å². The molecule has 0 fully saturated rings. The number of ether oxygens (including phenoxy) is 3. The number of carbonyl (C=O) groups excluding carboxylic acids is 3. The Labute approximate surface area is 404 Å². The summed E-state index contributed by atoms with van der Waals surface area (Å²) >= 11 is 0. The molecule has 0 heterocycles. The first-order valence-corrected chi connectivity index (χ1v) is 28.8. The van der Waals surface area contributed by atoms with Crippen LogP contribution in [0.1, 0.15) is 316 Å². The maximum absolute atomic E-state index is 12.8. The molecule has 0 aliphatic carbocycles. The first kappa shape index (κ1) is 62.9. The molecule has 1 unspecified atom stereocenters. The van der Waals surface area contributed by atoms with Gasteiger partial charge in [0.15, 0.2) is 6.10 Å². The predicted molar refractivity (Wildman–Crippen MR) is 279 cm³/mol. The molecule has 65 heavy (non-hydrogen) atoms. The quantitative estimate of drug-likeness (QED) is 0.0262. The molecule has 0 aromatic rings. The van der Waals surface area contributed by atoms with Crippen LogP contribution in [0.4, 0.5) is 0 Å². The lowest BCUT2D eigenvalue weighted by atomic mass is 10.0. The summed E-state index contributed by atoms with van der Waals surface area (Å²) in [5.74, 6) is -0.873. The van der Waals surface area contributed by atoms with Gasteiger partial charge in [-0.3, -0.25) is 14.4 Å². The standard InChI is InChI=1S/C59H110O6/c1-4-7-10-13-16-19-22-24-26-28-29-30-31-33-34-37-40-43-46-49-52-58(61)64-55-56(54-63-57(60)51-48-45-42-39-36-21-18-15-12-9-6-3)65-59(62)53-50-47-44-41-38-35-32-27-25-23-20-17-14-11-8-5-2/h15,18,27,32,56H,4-14,16-17,19-26,28-31,33-55H2,1-3H3/b18-15-,32-27-. The number of rotatable bonds is 53. The van der Waals surface area contributed by atoms with Crippen LogP contribution < -0.4 is 0 Å². The molecular weight excluding hydrogens is 805 g/mol. The molecule has 0 bridgehead atoms. The van der Waals surface area contributed by atoms with Gasteiger partial charge >= 0.3 is 17.9 Å². The van der Waals surface area contributed by atoms with Crippen LogP contribution >= 0.6 is 0 Å². The Morgan fingerprint density at radius 1 is 0.292 bits per heavy atom. The van der Waals surface area contributed by atoms with Crippen molar-refractivity contribution in [2.75, 3.05) is 13.2 Å². The second-order valence-electron chi connectivity index (χ2n) is 19.6. The van der Waals surface area contributed by atoms with Crippen molar-refractivity contribution >= 4 is 17.9 Å². The summed E-state index contributed by atoms with van der Waals surface area (Å²) in [6.07, 6.45) is 63.2. The average molecular weight is 916 g/mol. The van der Waals surface area contributed by atoms with Crippen LogP contribution in [0.3, 0.4) is 0 Å². The maximum atomic E-state index is 12.8. The molecule has 0 aromatic carbocycles. The minimum absolute atomic E-state index is 0.0730. The summed E-state index contributed by atoms with van der Waals surface area (Å²) in [5, 5.41) is 0. The highest BCUT2D eigenvalue weighted by Gasteiger charge is 2.19. The number of carbonyl (C=O) groups is 3. The van der Waals surface area contributed by atoms with Crippen molar-refractivity contribution < 1.29 is 28.6 Å².